The van der Waals surface area contributed by atoms with Gasteiger partial charge in [-0.05, 0) is 37.5 Å². The fourth-order valence-corrected chi connectivity index (χ4v) is 4.75. The monoisotopic (exact) mass is 257 g/mol. The minimum Gasteiger partial charge on any atom is -0.399 e. The summed E-state index contributed by atoms with van der Waals surface area (Å²) in [4.78, 5) is 5.65. The largest absolute Gasteiger partial charge is 0.399 e. The van der Waals surface area contributed by atoms with Crippen molar-refractivity contribution in [2.45, 2.75) is 30.5 Å². The van der Waals surface area contributed by atoms with Crippen molar-refractivity contribution in [2.75, 3.05) is 7.11 Å². The van der Waals surface area contributed by atoms with Crippen LogP contribution in [0.5, 0.6) is 0 Å². The minimum absolute atomic E-state index is 0.671. The standard InChI is InChI=1S/C11H16BrNO/c1-14-13-11-8-3-6-2-7(5-8)10(12)9(11)4-6/h6-10H,2-5H2,1H3/b13-11+/t6?,7?,8?,9?,10-/m1/s1. The molecule has 5 atom stereocenters. The molecular formula is C11H16BrNO. The van der Waals surface area contributed by atoms with E-state index in [2.05, 4.69) is 21.1 Å². The first-order chi connectivity index (χ1) is 6.79. The molecule has 3 heteroatoms. The highest BCUT2D eigenvalue weighted by Gasteiger charge is 2.51. The van der Waals surface area contributed by atoms with Gasteiger partial charge in [0, 0.05) is 16.7 Å². The number of hydrogen-bond acceptors (Lipinski definition) is 2. The fraction of sp³-hybridized carbons (Fsp3) is 0.909. The molecule has 4 fully saturated rings. The van der Waals surface area contributed by atoms with E-state index < -0.39 is 0 Å². The van der Waals surface area contributed by atoms with Gasteiger partial charge >= 0.3 is 0 Å². The van der Waals surface area contributed by atoms with Crippen LogP contribution in [-0.4, -0.2) is 17.6 Å². The Hall–Kier alpha value is -0.0500. The third kappa shape index (κ3) is 1.17. The van der Waals surface area contributed by atoms with Crippen LogP contribution in [-0.2, 0) is 4.84 Å². The Bertz CT molecular complexity index is 278. The Morgan fingerprint density at radius 2 is 2.14 bits per heavy atom. The van der Waals surface area contributed by atoms with Crippen LogP contribution in [0.4, 0.5) is 0 Å². The predicted molar refractivity (Wildman–Crippen MR) is 59.6 cm³/mol. The average Bonchev–Trinajstić information content (AvgIpc) is 2.18. The number of rotatable bonds is 1. The summed E-state index contributed by atoms with van der Waals surface area (Å²) in [5.41, 5.74) is 1.35. The summed E-state index contributed by atoms with van der Waals surface area (Å²) >= 11 is 3.85. The molecule has 4 rings (SSSR count). The Balaban J connectivity index is 1.93. The molecule has 4 aliphatic carbocycles. The molecule has 0 spiro atoms. The Kier molecular flexibility index (Phi) is 2.12. The van der Waals surface area contributed by atoms with E-state index in [4.69, 9.17) is 4.84 Å². The molecule has 0 aromatic heterocycles. The molecule has 0 amide bonds. The van der Waals surface area contributed by atoms with Crippen LogP contribution in [0.3, 0.4) is 0 Å². The van der Waals surface area contributed by atoms with Crippen LogP contribution >= 0.6 is 15.9 Å². The number of hydrogen-bond donors (Lipinski definition) is 0. The van der Waals surface area contributed by atoms with E-state index in [1.165, 1.54) is 31.4 Å². The van der Waals surface area contributed by atoms with Crippen molar-refractivity contribution >= 4 is 21.6 Å². The van der Waals surface area contributed by atoms with Gasteiger partial charge in [-0.1, -0.05) is 21.1 Å². The molecule has 4 bridgehead atoms. The van der Waals surface area contributed by atoms with Crippen LogP contribution in [0.25, 0.3) is 0 Å². The smallest absolute Gasteiger partial charge is 0.106 e. The van der Waals surface area contributed by atoms with Crippen LogP contribution in [0.1, 0.15) is 25.7 Å². The predicted octanol–water partition coefficient (Wildman–Crippen LogP) is 2.82. The zero-order valence-electron chi connectivity index (χ0n) is 8.45. The van der Waals surface area contributed by atoms with Crippen LogP contribution in [0, 0.1) is 23.7 Å². The summed E-state index contributed by atoms with van der Waals surface area (Å²) in [5.74, 6) is 3.30. The first-order valence-corrected chi connectivity index (χ1v) is 6.46. The molecule has 0 aromatic rings. The van der Waals surface area contributed by atoms with Crippen molar-refractivity contribution in [3.8, 4) is 0 Å². The third-order valence-corrected chi connectivity index (χ3v) is 5.64. The minimum atomic E-state index is 0.671. The lowest BCUT2D eigenvalue weighted by Gasteiger charge is -2.52. The molecule has 14 heavy (non-hydrogen) atoms. The van der Waals surface area contributed by atoms with Gasteiger partial charge < -0.3 is 4.84 Å². The fourth-order valence-electron chi connectivity index (χ4n) is 3.83. The van der Waals surface area contributed by atoms with Gasteiger partial charge in [-0.3, -0.25) is 0 Å². The Morgan fingerprint density at radius 3 is 2.93 bits per heavy atom. The molecule has 0 saturated heterocycles. The summed E-state index contributed by atoms with van der Waals surface area (Å²) in [7, 11) is 1.67. The van der Waals surface area contributed by atoms with E-state index in [9.17, 15) is 0 Å². The van der Waals surface area contributed by atoms with E-state index >= 15 is 0 Å². The molecular weight excluding hydrogens is 242 g/mol. The van der Waals surface area contributed by atoms with E-state index in [1.807, 2.05) is 0 Å². The van der Waals surface area contributed by atoms with E-state index in [1.54, 1.807) is 7.11 Å². The molecule has 78 valence electrons. The van der Waals surface area contributed by atoms with Crippen molar-refractivity contribution in [3.05, 3.63) is 0 Å². The molecule has 0 aliphatic heterocycles. The van der Waals surface area contributed by atoms with Crippen molar-refractivity contribution < 1.29 is 4.84 Å². The molecule has 4 saturated carbocycles. The second-order valence-electron chi connectivity index (χ2n) is 5.02. The Labute approximate surface area is 93.2 Å². The van der Waals surface area contributed by atoms with Gasteiger partial charge in [-0.2, -0.15) is 0 Å². The summed E-state index contributed by atoms with van der Waals surface area (Å²) < 4.78 is 0. The lowest BCUT2D eigenvalue weighted by Crippen LogP contribution is -2.51. The summed E-state index contributed by atoms with van der Waals surface area (Å²) in [5, 5.41) is 4.26. The lowest BCUT2D eigenvalue weighted by molar-refractivity contribution is 0.107. The second kappa shape index (κ2) is 3.22. The first-order valence-electron chi connectivity index (χ1n) is 5.54. The Morgan fingerprint density at radius 1 is 1.29 bits per heavy atom. The molecule has 4 unspecified atom stereocenters. The third-order valence-electron chi connectivity index (χ3n) is 4.26. The quantitative estimate of drug-likeness (QED) is 0.523. The van der Waals surface area contributed by atoms with Crippen LogP contribution < -0.4 is 0 Å². The second-order valence-corrected chi connectivity index (χ2v) is 6.07. The molecule has 0 heterocycles. The number of halogens is 1. The average molecular weight is 258 g/mol. The highest BCUT2D eigenvalue weighted by atomic mass is 79.9. The number of oxime groups is 1. The normalized spacial score (nSPS) is 52.7. The van der Waals surface area contributed by atoms with Crippen LogP contribution in [0.15, 0.2) is 5.16 Å². The summed E-state index contributed by atoms with van der Waals surface area (Å²) in [6.07, 6.45) is 5.49. The van der Waals surface area contributed by atoms with Gasteiger partial charge in [0.2, 0.25) is 0 Å². The molecule has 0 radical (unpaired) electrons. The van der Waals surface area contributed by atoms with Crippen LogP contribution in [0.2, 0.25) is 0 Å². The molecule has 0 aromatic carbocycles. The summed E-state index contributed by atoms with van der Waals surface area (Å²) in [6.45, 7) is 0. The lowest BCUT2D eigenvalue weighted by atomic mass is 9.55. The maximum atomic E-state index is 4.98. The van der Waals surface area contributed by atoms with E-state index in [-0.39, 0.29) is 0 Å². The van der Waals surface area contributed by atoms with E-state index in [0.29, 0.717) is 10.7 Å². The topological polar surface area (TPSA) is 21.6 Å². The van der Waals surface area contributed by atoms with Gasteiger partial charge in [0.25, 0.3) is 0 Å². The van der Waals surface area contributed by atoms with Crippen molar-refractivity contribution in [2.24, 2.45) is 28.8 Å². The number of alkyl halides is 1. The zero-order valence-corrected chi connectivity index (χ0v) is 10.0. The van der Waals surface area contributed by atoms with Crippen molar-refractivity contribution in [1.82, 2.24) is 0 Å². The zero-order chi connectivity index (χ0) is 9.71. The van der Waals surface area contributed by atoms with Gasteiger partial charge in [0.1, 0.15) is 7.11 Å². The molecule has 2 nitrogen and oxygen atoms in total. The van der Waals surface area contributed by atoms with Gasteiger partial charge in [0.15, 0.2) is 0 Å². The van der Waals surface area contributed by atoms with Gasteiger partial charge in [-0.15, -0.1) is 0 Å². The molecule has 4 aliphatic rings. The highest BCUT2D eigenvalue weighted by molar-refractivity contribution is 9.09. The van der Waals surface area contributed by atoms with Crippen molar-refractivity contribution in [1.29, 1.82) is 0 Å². The van der Waals surface area contributed by atoms with Gasteiger partial charge in [0.05, 0.1) is 5.71 Å². The maximum absolute atomic E-state index is 4.98. The highest BCUT2D eigenvalue weighted by Crippen LogP contribution is 2.54. The maximum Gasteiger partial charge on any atom is 0.106 e. The van der Waals surface area contributed by atoms with Gasteiger partial charge in [-0.25, -0.2) is 0 Å². The molecule has 0 N–H and O–H groups in total. The first kappa shape index (κ1) is 9.20. The number of nitrogens with zero attached hydrogens (tertiary/aromatic N) is 1. The SMILES string of the molecule is CO/N=C1\C2CC3CC(C2)[C@@H](Br)C1C3. The van der Waals surface area contributed by atoms with Crippen molar-refractivity contribution in [3.63, 3.8) is 0 Å². The summed E-state index contributed by atoms with van der Waals surface area (Å²) in [6, 6.07) is 0. The van der Waals surface area contributed by atoms with E-state index in [0.717, 1.165) is 17.8 Å².